The maximum atomic E-state index is 5.19. The molecule has 0 saturated heterocycles. The quantitative estimate of drug-likeness (QED) is 0.492. The summed E-state index contributed by atoms with van der Waals surface area (Å²) in [5.74, 6) is 1.39. The Kier molecular flexibility index (Phi) is 3.21. The fourth-order valence-corrected chi connectivity index (χ4v) is 3.01. The van der Waals surface area contributed by atoms with E-state index in [1.54, 1.807) is 18.7 Å². The molecule has 3 aromatic heterocycles. The van der Waals surface area contributed by atoms with Crippen LogP contribution in [0.4, 0.5) is 11.5 Å². The van der Waals surface area contributed by atoms with E-state index < -0.39 is 0 Å². The first-order valence-electron chi connectivity index (χ1n) is 8.27. The fraction of sp³-hybridized carbons (Fsp3) is 0.0500. The van der Waals surface area contributed by atoms with Gasteiger partial charge in [0, 0.05) is 16.5 Å². The van der Waals surface area contributed by atoms with E-state index in [1.165, 1.54) is 0 Å². The molecule has 0 bridgehead atoms. The molecule has 0 aliphatic heterocycles. The zero-order valence-electron chi connectivity index (χ0n) is 14.0. The van der Waals surface area contributed by atoms with Crippen molar-refractivity contribution in [2.45, 2.75) is 6.92 Å². The lowest BCUT2D eigenvalue weighted by Crippen LogP contribution is -1.99. The largest absolute Gasteiger partial charge is 0.472 e. The van der Waals surface area contributed by atoms with Gasteiger partial charge in [-0.2, -0.15) is 5.10 Å². The van der Waals surface area contributed by atoms with Gasteiger partial charge >= 0.3 is 0 Å². The number of aromatic nitrogens is 4. The number of nitrogens with one attached hydrogen (secondary N) is 2. The summed E-state index contributed by atoms with van der Waals surface area (Å²) in [7, 11) is 0. The number of hydrogen-bond donors (Lipinski definition) is 2. The summed E-state index contributed by atoms with van der Waals surface area (Å²) in [6.45, 7) is 2.05. The molecular formula is C20H15N5O. The van der Waals surface area contributed by atoms with E-state index in [4.69, 9.17) is 14.4 Å². The lowest BCUT2D eigenvalue weighted by Gasteiger charge is -2.11. The second kappa shape index (κ2) is 5.70. The number of aryl methyl sites for hydroxylation is 1. The molecule has 0 atom stereocenters. The summed E-state index contributed by atoms with van der Waals surface area (Å²) in [5, 5.41) is 12.5. The van der Waals surface area contributed by atoms with Gasteiger partial charge in [-0.3, -0.25) is 5.10 Å². The summed E-state index contributed by atoms with van der Waals surface area (Å²) in [4.78, 5) is 9.43. The molecule has 0 amide bonds. The Morgan fingerprint density at radius 1 is 1.04 bits per heavy atom. The van der Waals surface area contributed by atoms with Crippen LogP contribution in [-0.2, 0) is 0 Å². The van der Waals surface area contributed by atoms with Crippen molar-refractivity contribution in [2.75, 3.05) is 5.32 Å². The maximum absolute atomic E-state index is 5.19. The maximum Gasteiger partial charge on any atom is 0.165 e. The average molecular weight is 341 g/mol. The van der Waals surface area contributed by atoms with Crippen LogP contribution < -0.4 is 5.32 Å². The molecule has 26 heavy (non-hydrogen) atoms. The van der Waals surface area contributed by atoms with Crippen molar-refractivity contribution in [3.8, 4) is 11.4 Å². The topological polar surface area (TPSA) is 79.6 Å². The van der Waals surface area contributed by atoms with Crippen LogP contribution in [0.5, 0.6) is 0 Å². The summed E-state index contributed by atoms with van der Waals surface area (Å²) in [6, 6.07) is 14.1. The number of aromatic amines is 1. The van der Waals surface area contributed by atoms with Crippen molar-refractivity contribution in [3.05, 3.63) is 66.8 Å². The first kappa shape index (κ1) is 14.7. The molecule has 5 rings (SSSR count). The molecule has 2 aromatic carbocycles. The highest BCUT2D eigenvalue weighted by atomic mass is 16.3. The third-order valence-electron chi connectivity index (χ3n) is 4.33. The van der Waals surface area contributed by atoms with Gasteiger partial charge in [0.05, 0.1) is 29.1 Å². The Balaban J connectivity index is 1.67. The van der Waals surface area contributed by atoms with Gasteiger partial charge in [0.15, 0.2) is 5.82 Å². The van der Waals surface area contributed by atoms with Gasteiger partial charge in [0.25, 0.3) is 0 Å². The van der Waals surface area contributed by atoms with Crippen molar-refractivity contribution in [1.29, 1.82) is 0 Å². The van der Waals surface area contributed by atoms with Crippen LogP contribution in [0.2, 0.25) is 0 Å². The van der Waals surface area contributed by atoms with E-state index in [-0.39, 0.29) is 0 Å². The molecule has 0 aliphatic carbocycles. The van der Waals surface area contributed by atoms with Crippen LogP contribution in [0.1, 0.15) is 5.56 Å². The second-order valence-electron chi connectivity index (χ2n) is 6.23. The molecule has 0 saturated carbocycles. The van der Waals surface area contributed by atoms with E-state index in [0.717, 1.165) is 44.4 Å². The van der Waals surface area contributed by atoms with Crippen molar-refractivity contribution in [2.24, 2.45) is 0 Å². The van der Waals surface area contributed by atoms with Crippen molar-refractivity contribution in [3.63, 3.8) is 0 Å². The van der Waals surface area contributed by atoms with Crippen LogP contribution in [0, 0.1) is 6.92 Å². The molecule has 0 radical (unpaired) electrons. The van der Waals surface area contributed by atoms with Gasteiger partial charge < -0.3 is 9.73 Å². The molecule has 0 unspecified atom stereocenters. The fourth-order valence-electron chi connectivity index (χ4n) is 3.01. The minimum Gasteiger partial charge on any atom is -0.472 e. The Labute approximate surface area is 148 Å². The van der Waals surface area contributed by atoms with E-state index in [9.17, 15) is 0 Å². The number of H-pyrrole nitrogens is 1. The number of hydrogen-bond acceptors (Lipinski definition) is 5. The van der Waals surface area contributed by atoms with Crippen LogP contribution in [0.15, 0.2) is 65.6 Å². The normalized spacial score (nSPS) is 11.3. The SMILES string of the molecule is Cc1ccc2c(Nc3ccc4[nH]ncc4c3)nc(-c3ccoc3)nc2c1. The number of anilines is 2. The second-order valence-corrected chi connectivity index (χ2v) is 6.23. The summed E-state index contributed by atoms with van der Waals surface area (Å²) in [5.41, 5.74) is 4.83. The molecule has 0 fully saturated rings. The standard InChI is InChI=1S/C20H15N5O/c1-12-2-4-16-18(8-12)23-19(13-6-7-26-11-13)24-20(16)22-15-3-5-17-14(9-15)10-21-25-17/h2-11H,1H3,(H,21,25)(H,22,23,24). The number of nitrogens with zero attached hydrogens (tertiary/aromatic N) is 3. The smallest absolute Gasteiger partial charge is 0.165 e. The van der Waals surface area contributed by atoms with Crippen LogP contribution in [0.25, 0.3) is 33.2 Å². The van der Waals surface area contributed by atoms with E-state index in [1.807, 2.05) is 30.3 Å². The van der Waals surface area contributed by atoms with Gasteiger partial charge in [-0.1, -0.05) is 6.07 Å². The minimum atomic E-state index is 0.628. The van der Waals surface area contributed by atoms with E-state index in [0.29, 0.717) is 5.82 Å². The number of benzene rings is 2. The molecule has 6 heteroatoms. The van der Waals surface area contributed by atoms with Gasteiger partial charge in [-0.25, -0.2) is 9.97 Å². The zero-order valence-corrected chi connectivity index (χ0v) is 14.0. The van der Waals surface area contributed by atoms with E-state index >= 15 is 0 Å². The van der Waals surface area contributed by atoms with Crippen LogP contribution >= 0.6 is 0 Å². The van der Waals surface area contributed by atoms with Gasteiger partial charge in [0.2, 0.25) is 0 Å². The van der Waals surface area contributed by atoms with Gasteiger partial charge in [0.1, 0.15) is 12.1 Å². The first-order valence-corrected chi connectivity index (χ1v) is 8.27. The monoisotopic (exact) mass is 341 g/mol. The van der Waals surface area contributed by atoms with E-state index in [2.05, 4.69) is 34.6 Å². The molecule has 5 aromatic rings. The zero-order chi connectivity index (χ0) is 17.5. The summed E-state index contributed by atoms with van der Waals surface area (Å²) >= 11 is 0. The number of furan rings is 1. The summed E-state index contributed by atoms with van der Waals surface area (Å²) < 4.78 is 5.19. The molecule has 2 N–H and O–H groups in total. The van der Waals surface area contributed by atoms with Crippen molar-refractivity contribution in [1.82, 2.24) is 20.2 Å². The molecule has 6 nitrogen and oxygen atoms in total. The van der Waals surface area contributed by atoms with Gasteiger partial charge in [-0.05, 0) is 48.9 Å². The Hall–Kier alpha value is -3.67. The van der Waals surface area contributed by atoms with Crippen molar-refractivity contribution >= 4 is 33.3 Å². The lowest BCUT2D eigenvalue weighted by molar-refractivity contribution is 0.568. The number of fused-ring (bicyclic) bond motifs is 2. The van der Waals surface area contributed by atoms with Gasteiger partial charge in [-0.15, -0.1) is 0 Å². The van der Waals surface area contributed by atoms with Crippen LogP contribution in [-0.4, -0.2) is 20.2 Å². The molecular weight excluding hydrogens is 326 g/mol. The summed E-state index contributed by atoms with van der Waals surface area (Å²) in [6.07, 6.45) is 5.08. The van der Waals surface area contributed by atoms with Crippen LogP contribution in [0.3, 0.4) is 0 Å². The minimum absolute atomic E-state index is 0.628. The first-order chi connectivity index (χ1) is 12.8. The predicted molar refractivity (Wildman–Crippen MR) is 101 cm³/mol. The molecule has 0 spiro atoms. The Bertz CT molecular complexity index is 1220. The Morgan fingerprint density at radius 2 is 2.00 bits per heavy atom. The molecule has 3 heterocycles. The third-order valence-corrected chi connectivity index (χ3v) is 4.33. The third kappa shape index (κ3) is 2.48. The predicted octanol–water partition coefficient (Wildman–Crippen LogP) is 4.82. The highest BCUT2D eigenvalue weighted by Crippen LogP contribution is 2.29. The lowest BCUT2D eigenvalue weighted by atomic mass is 10.1. The van der Waals surface area contributed by atoms with Crippen molar-refractivity contribution < 1.29 is 4.42 Å². The average Bonchev–Trinajstić information content (AvgIpc) is 3.32. The molecule has 126 valence electrons. The highest BCUT2D eigenvalue weighted by molar-refractivity contribution is 5.93. The number of rotatable bonds is 3. The highest BCUT2D eigenvalue weighted by Gasteiger charge is 2.11. The Morgan fingerprint density at radius 3 is 2.88 bits per heavy atom. The molecule has 0 aliphatic rings.